The molecule has 0 amide bonds. The lowest BCUT2D eigenvalue weighted by Gasteiger charge is -2.18. The van der Waals surface area contributed by atoms with E-state index < -0.39 is 0 Å². The second kappa shape index (κ2) is 8.51. The summed E-state index contributed by atoms with van der Waals surface area (Å²) in [6, 6.07) is 8.12. The Morgan fingerprint density at radius 1 is 1.35 bits per heavy atom. The van der Waals surface area contributed by atoms with Crippen LogP contribution in [0.5, 0.6) is 0 Å². The van der Waals surface area contributed by atoms with Crippen LogP contribution in [-0.4, -0.2) is 26.3 Å². The zero-order chi connectivity index (χ0) is 12.5. The lowest BCUT2D eigenvalue weighted by molar-refractivity contribution is 0.139. The SMILES string of the molecule is CCNCC(CCOCC)c1cccc(Cl)c1. The minimum atomic E-state index is 0.472. The van der Waals surface area contributed by atoms with Crippen molar-refractivity contribution in [1.29, 1.82) is 0 Å². The van der Waals surface area contributed by atoms with E-state index in [1.54, 1.807) is 0 Å². The molecule has 0 spiro atoms. The summed E-state index contributed by atoms with van der Waals surface area (Å²) in [7, 11) is 0. The van der Waals surface area contributed by atoms with Gasteiger partial charge in [0.05, 0.1) is 0 Å². The number of nitrogens with one attached hydrogen (secondary N) is 1. The molecule has 0 aliphatic heterocycles. The lowest BCUT2D eigenvalue weighted by atomic mass is 9.96. The molecule has 3 heteroatoms. The highest BCUT2D eigenvalue weighted by atomic mass is 35.5. The van der Waals surface area contributed by atoms with E-state index in [9.17, 15) is 0 Å². The first-order chi connectivity index (χ1) is 8.27. The summed E-state index contributed by atoms with van der Waals surface area (Å²) in [5, 5.41) is 4.20. The smallest absolute Gasteiger partial charge is 0.0472 e. The van der Waals surface area contributed by atoms with Crippen LogP contribution in [0.2, 0.25) is 5.02 Å². The van der Waals surface area contributed by atoms with Crippen molar-refractivity contribution in [2.24, 2.45) is 0 Å². The Kier molecular flexibility index (Phi) is 7.25. The maximum absolute atomic E-state index is 6.03. The highest BCUT2D eigenvalue weighted by Gasteiger charge is 2.11. The predicted octanol–water partition coefficient (Wildman–Crippen LogP) is 3.46. The molecular formula is C14H22ClNO. The van der Waals surface area contributed by atoms with Gasteiger partial charge in [-0.15, -0.1) is 0 Å². The fraction of sp³-hybridized carbons (Fsp3) is 0.571. The molecule has 0 heterocycles. The van der Waals surface area contributed by atoms with E-state index in [2.05, 4.69) is 24.4 Å². The van der Waals surface area contributed by atoms with E-state index in [1.807, 2.05) is 19.1 Å². The highest BCUT2D eigenvalue weighted by Crippen LogP contribution is 2.22. The fourth-order valence-corrected chi connectivity index (χ4v) is 2.03. The van der Waals surface area contributed by atoms with Gasteiger partial charge in [-0.3, -0.25) is 0 Å². The van der Waals surface area contributed by atoms with Crippen LogP contribution >= 0.6 is 11.6 Å². The van der Waals surface area contributed by atoms with Crippen LogP contribution in [0.3, 0.4) is 0 Å². The van der Waals surface area contributed by atoms with E-state index >= 15 is 0 Å². The van der Waals surface area contributed by atoms with Crippen LogP contribution in [0.1, 0.15) is 31.7 Å². The van der Waals surface area contributed by atoms with Gasteiger partial charge in [-0.1, -0.05) is 30.7 Å². The Bertz CT molecular complexity index is 317. The molecule has 0 aliphatic rings. The van der Waals surface area contributed by atoms with Gasteiger partial charge in [-0.2, -0.15) is 0 Å². The molecule has 96 valence electrons. The van der Waals surface area contributed by atoms with Gasteiger partial charge >= 0.3 is 0 Å². The minimum absolute atomic E-state index is 0.472. The molecule has 1 aromatic carbocycles. The molecule has 0 saturated heterocycles. The number of benzene rings is 1. The summed E-state index contributed by atoms with van der Waals surface area (Å²) in [5.41, 5.74) is 1.29. The van der Waals surface area contributed by atoms with Crippen molar-refractivity contribution in [3.8, 4) is 0 Å². The molecule has 0 saturated carbocycles. The highest BCUT2D eigenvalue weighted by molar-refractivity contribution is 6.30. The van der Waals surface area contributed by atoms with Gasteiger partial charge in [0, 0.05) is 24.8 Å². The van der Waals surface area contributed by atoms with Gasteiger partial charge in [0.15, 0.2) is 0 Å². The maximum atomic E-state index is 6.03. The van der Waals surface area contributed by atoms with Gasteiger partial charge in [-0.25, -0.2) is 0 Å². The monoisotopic (exact) mass is 255 g/mol. The normalized spacial score (nSPS) is 12.6. The van der Waals surface area contributed by atoms with E-state index in [1.165, 1.54) is 5.56 Å². The second-order valence-electron chi connectivity index (χ2n) is 4.05. The molecule has 0 aromatic heterocycles. The predicted molar refractivity (Wildman–Crippen MR) is 73.8 cm³/mol. The van der Waals surface area contributed by atoms with Crippen LogP contribution in [0.25, 0.3) is 0 Å². The number of ether oxygens (including phenoxy) is 1. The molecule has 17 heavy (non-hydrogen) atoms. The Balaban J connectivity index is 2.60. The molecule has 2 nitrogen and oxygen atoms in total. The van der Waals surface area contributed by atoms with E-state index in [4.69, 9.17) is 16.3 Å². The Morgan fingerprint density at radius 3 is 2.82 bits per heavy atom. The van der Waals surface area contributed by atoms with Gasteiger partial charge in [0.1, 0.15) is 0 Å². The van der Waals surface area contributed by atoms with Crippen molar-refractivity contribution in [3.63, 3.8) is 0 Å². The summed E-state index contributed by atoms with van der Waals surface area (Å²) in [6.45, 7) is 7.70. The summed E-state index contributed by atoms with van der Waals surface area (Å²) in [4.78, 5) is 0. The van der Waals surface area contributed by atoms with Gasteiger partial charge < -0.3 is 10.1 Å². The van der Waals surface area contributed by atoms with Crippen LogP contribution in [0, 0.1) is 0 Å². The van der Waals surface area contributed by atoms with Crippen molar-refractivity contribution in [3.05, 3.63) is 34.9 Å². The van der Waals surface area contributed by atoms with E-state index in [-0.39, 0.29) is 0 Å². The number of hydrogen-bond donors (Lipinski definition) is 1. The standard InChI is InChI=1S/C14H22ClNO/c1-3-16-11-13(8-9-17-4-2)12-6-5-7-14(15)10-12/h5-7,10,13,16H,3-4,8-9,11H2,1-2H3. The van der Waals surface area contributed by atoms with Gasteiger partial charge in [0.25, 0.3) is 0 Å². The van der Waals surface area contributed by atoms with Crippen LogP contribution in [0.4, 0.5) is 0 Å². The van der Waals surface area contributed by atoms with E-state index in [0.29, 0.717) is 5.92 Å². The van der Waals surface area contributed by atoms with Crippen molar-refractivity contribution in [2.75, 3.05) is 26.3 Å². The average molecular weight is 256 g/mol. The third kappa shape index (κ3) is 5.53. The molecule has 1 N–H and O–H groups in total. The molecule has 0 aliphatic carbocycles. The molecule has 1 rings (SSSR count). The largest absolute Gasteiger partial charge is 0.382 e. The zero-order valence-electron chi connectivity index (χ0n) is 10.7. The third-order valence-electron chi connectivity index (χ3n) is 2.78. The summed E-state index contributed by atoms with van der Waals surface area (Å²) >= 11 is 6.03. The molecular weight excluding hydrogens is 234 g/mol. The van der Waals surface area contributed by atoms with E-state index in [0.717, 1.165) is 37.7 Å². The molecule has 1 unspecified atom stereocenters. The number of likely N-dealkylation sites (N-methyl/N-ethyl adjacent to an activating group) is 1. The Morgan fingerprint density at radius 2 is 2.18 bits per heavy atom. The first kappa shape index (κ1) is 14.5. The molecule has 1 atom stereocenters. The van der Waals surface area contributed by atoms with Crippen molar-refractivity contribution < 1.29 is 4.74 Å². The third-order valence-corrected chi connectivity index (χ3v) is 3.01. The molecule has 0 fully saturated rings. The number of rotatable bonds is 8. The topological polar surface area (TPSA) is 21.3 Å². The fourth-order valence-electron chi connectivity index (χ4n) is 1.84. The Labute approximate surface area is 109 Å². The van der Waals surface area contributed by atoms with Crippen molar-refractivity contribution in [1.82, 2.24) is 5.32 Å². The molecule has 0 bridgehead atoms. The zero-order valence-corrected chi connectivity index (χ0v) is 11.5. The van der Waals surface area contributed by atoms with Gasteiger partial charge in [0.2, 0.25) is 0 Å². The summed E-state index contributed by atoms with van der Waals surface area (Å²) < 4.78 is 5.43. The van der Waals surface area contributed by atoms with Crippen molar-refractivity contribution >= 4 is 11.6 Å². The Hall–Kier alpha value is -0.570. The minimum Gasteiger partial charge on any atom is -0.382 e. The average Bonchev–Trinajstić information content (AvgIpc) is 2.33. The van der Waals surface area contributed by atoms with Gasteiger partial charge in [-0.05, 0) is 43.5 Å². The number of halogens is 1. The quantitative estimate of drug-likeness (QED) is 0.719. The number of hydrogen-bond acceptors (Lipinski definition) is 2. The second-order valence-corrected chi connectivity index (χ2v) is 4.48. The summed E-state index contributed by atoms with van der Waals surface area (Å²) in [5.74, 6) is 0.472. The van der Waals surface area contributed by atoms with Crippen molar-refractivity contribution in [2.45, 2.75) is 26.2 Å². The molecule has 1 aromatic rings. The first-order valence-electron chi connectivity index (χ1n) is 6.31. The van der Waals surface area contributed by atoms with Crippen LogP contribution in [-0.2, 0) is 4.74 Å². The van der Waals surface area contributed by atoms with Crippen LogP contribution < -0.4 is 5.32 Å². The summed E-state index contributed by atoms with van der Waals surface area (Å²) in [6.07, 6.45) is 1.03. The first-order valence-corrected chi connectivity index (χ1v) is 6.69. The molecule has 0 radical (unpaired) electrons. The lowest BCUT2D eigenvalue weighted by Crippen LogP contribution is -2.22. The maximum Gasteiger partial charge on any atom is 0.0472 e. The van der Waals surface area contributed by atoms with Crippen LogP contribution in [0.15, 0.2) is 24.3 Å².